The lowest BCUT2D eigenvalue weighted by atomic mass is 9.95. The lowest BCUT2D eigenvalue weighted by Gasteiger charge is -2.31. The number of ether oxygens (including phenoxy) is 1. The average Bonchev–Trinajstić information content (AvgIpc) is 3.15. The van der Waals surface area contributed by atoms with Crippen LogP contribution in [0.2, 0.25) is 0 Å². The van der Waals surface area contributed by atoms with Crippen molar-refractivity contribution in [3.8, 4) is 0 Å². The van der Waals surface area contributed by atoms with Crippen molar-refractivity contribution in [2.45, 2.75) is 32.3 Å². The number of piperidine rings is 2. The van der Waals surface area contributed by atoms with Gasteiger partial charge in [-0.1, -0.05) is 48.5 Å². The number of anilines is 2. The Labute approximate surface area is 280 Å². The van der Waals surface area contributed by atoms with Crippen LogP contribution in [0.4, 0.5) is 16.2 Å². The molecule has 48 heavy (non-hydrogen) atoms. The Hall–Kier alpha value is -5.58. The molecule has 2 saturated heterocycles. The van der Waals surface area contributed by atoms with Gasteiger partial charge in [-0.25, -0.2) is 4.79 Å². The first-order valence-electron chi connectivity index (χ1n) is 16.2. The first-order valence-corrected chi connectivity index (χ1v) is 16.2. The summed E-state index contributed by atoms with van der Waals surface area (Å²) in [6.45, 7) is 2.55. The van der Waals surface area contributed by atoms with Crippen molar-refractivity contribution in [2.75, 3.05) is 36.8 Å². The molecule has 248 valence electrons. The molecule has 0 saturated carbocycles. The van der Waals surface area contributed by atoms with E-state index in [1.54, 1.807) is 54.0 Å². The van der Waals surface area contributed by atoms with E-state index >= 15 is 0 Å². The normalized spacial score (nSPS) is 15.0. The zero-order valence-corrected chi connectivity index (χ0v) is 26.7. The van der Waals surface area contributed by atoms with Crippen LogP contribution in [-0.2, 0) is 20.9 Å². The molecule has 6 rings (SSSR count). The Balaban J connectivity index is 0.000000188. The van der Waals surface area contributed by atoms with Crippen molar-refractivity contribution < 1.29 is 23.9 Å². The van der Waals surface area contributed by atoms with E-state index in [9.17, 15) is 19.2 Å². The fourth-order valence-electron chi connectivity index (χ4n) is 5.60. The lowest BCUT2D eigenvalue weighted by molar-refractivity contribution is -0.121. The van der Waals surface area contributed by atoms with Gasteiger partial charge in [-0.15, -0.1) is 0 Å². The zero-order chi connectivity index (χ0) is 33.6. The first-order chi connectivity index (χ1) is 23.5. The summed E-state index contributed by atoms with van der Waals surface area (Å²) in [7, 11) is 0. The Bertz CT molecular complexity index is 1610. The topological polar surface area (TPSA) is 134 Å². The van der Waals surface area contributed by atoms with E-state index in [4.69, 9.17) is 4.74 Å². The van der Waals surface area contributed by atoms with Gasteiger partial charge in [0, 0.05) is 79.7 Å². The van der Waals surface area contributed by atoms with Gasteiger partial charge in [-0.05, 0) is 67.6 Å². The SMILES string of the molecule is O=C(Nc1ccncc1)C1CCN(C(=O)OCc2ccccc2)CC1.O=C(Nc1ccncc1)C1CCN(C(=O)c2ccccc2)CC1. The van der Waals surface area contributed by atoms with Crippen LogP contribution >= 0.6 is 0 Å². The molecule has 2 aromatic carbocycles. The number of carbonyl (C=O) groups is 4. The Morgan fingerprint density at radius 2 is 1.04 bits per heavy atom. The fourth-order valence-corrected chi connectivity index (χ4v) is 5.60. The summed E-state index contributed by atoms with van der Waals surface area (Å²) in [5.74, 6) is -0.0977. The van der Waals surface area contributed by atoms with Crippen molar-refractivity contribution in [1.29, 1.82) is 0 Å². The summed E-state index contributed by atoms with van der Waals surface area (Å²) in [4.78, 5) is 60.4. The van der Waals surface area contributed by atoms with Crippen LogP contribution in [0.3, 0.4) is 0 Å². The van der Waals surface area contributed by atoms with E-state index in [1.807, 2.05) is 65.6 Å². The smallest absolute Gasteiger partial charge is 0.410 e. The number of rotatable bonds is 7. The van der Waals surface area contributed by atoms with Crippen LogP contribution < -0.4 is 10.6 Å². The van der Waals surface area contributed by atoms with E-state index in [0.29, 0.717) is 57.4 Å². The number of pyridine rings is 2. The third-order valence-electron chi connectivity index (χ3n) is 8.40. The second-order valence-corrected chi connectivity index (χ2v) is 11.7. The van der Waals surface area contributed by atoms with Crippen molar-refractivity contribution in [1.82, 2.24) is 19.8 Å². The lowest BCUT2D eigenvalue weighted by Crippen LogP contribution is -2.41. The molecule has 2 aliphatic heterocycles. The minimum Gasteiger partial charge on any atom is -0.445 e. The summed E-state index contributed by atoms with van der Waals surface area (Å²) in [5, 5.41) is 5.79. The minimum atomic E-state index is -0.322. The molecule has 0 bridgehead atoms. The molecule has 0 aliphatic carbocycles. The number of hydrogen-bond donors (Lipinski definition) is 2. The molecular formula is C37H40N6O5. The van der Waals surface area contributed by atoms with Gasteiger partial charge in [-0.2, -0.15) is 0 Å². The molecule has 2 aromatic heterocycles. The molecule has 4 heterocycles. The Kier molecular flexibility index (Phi) is 12.2. The van der Waals surface area contributed by atoms with Crippen LogP contribution in [-0.4, -0.2) is 69.8 Å². The van der Waals surface area contributed by atoms with E-state index in [1.165, 1.54) is 0 Å². The Morgan fingerprint density at radius 3 is 1.52 bits per heavy atom. The van der Waals surface area contributed by atoms with Crippen LogP contribution in [0.1, 0.15) is 41.6 Å². The monoisotopic (exact) mass is 648 g/mol. The van der Waals surface area contributed by atoms with Gasteiger partial charge in [-0.3, -0.25) is 24.4 Å². The van der Waals surface area contributed by atoms with Gasteiger partial charge in [0.1, 0.15) is 6.61 Å². The molecule has 4 amide bonds. The number of carbonyl (C=O) groups excluding carboxylic acids is 4. The second-order valence-electron chi connectivity index (χ2n) is 11.7. The second kappa shape index (κ2) is 17.4. The number of nitrogens with zero attached hydrogens (tertiary/aromatic N) is 4. The van der Waals surface area contributed by atoms with Crippen molar-refractivity contribution in [2.24, 2.45) is 11.8 Å². The quantitative estimate of drug-likeness (QED) is 0.265. The average molecular weight is 649 g/mol. The number of likely N-dealkylation sites (tertiary alicyclic amines) is 2. The highest BCUT2D eigenvalue weighted by Crippen LogP contribution is 2.22. The Morgan fingerprint density at radius 1 is 0.604 bits per heavy atom. The maximum Gasteiger partial charge on any atom is 0.410 e. The van der Waals surface area contributed by atoms with E-state index in [-0.39, 0.29) is 42.3 Å². The van der Waals surface area contributed by atoms with E-state index < -0.39 is 0 Å². The van der Waals surface area contributed by atoms with Gasteiger partial charge >= 0.3 is 6.09 Å². The third-order valence-corrected chi connectivity index (χ3v) is 8.40. The highest BCUT2D eigenvalue weighted by atomic mass is 16.6. The van der Waals surface area contributed by atoms with Crippen LogP contribution in [0, 0.1) is 11.8 Å². The zero-order valence-electron chi connectivity index (χ0n) is 26.7. The summed E-state index contributed by atoms with van der Waals surface area (Å²) < 4.78 is 5.34. The molecule has 0 unspecified atom stereocenters. The highest BCUT2D eigenvalue weighted by Gasteiger charge is 2.29. The van der Waals surface area contributed by atoms with Gasteiger partial charge < -0.3 is 25.2 Å². The number of aromatic nitrogens is 2. The van der Waals surface area contributed by atoms with Gasteiger partial charge in [0.2, 0.25) is 11.8 Å². The number of benzene rings is 2. The predicted octanol–water partition coefficient (Wildman–Crippen LogP) is 5.64. The molecular weight excluding hydrogens is 608 g/mol. The standard InChI is InChI=1S/C19H21N3O3.C18H19N3O2/c23-18(21-17-6-10-20-11-7-17)16-8-12-22(13-9-16)19(24)25-14-15-4-2-1-3-5-15;22-17(20-16-6-10-19-11-7-16)14-8-12-21(13-9-14)18(23)15-4-2-1-3-5-15/h1-7,10-11,16H,8-9,12-14H2,(H,20,21,23);1-7,10-11,14H,8-9,12-13H2,(H,19,20,22). The van der Waals surface area contributed by atoms with Crippen LogP contribution in [0.25, 0.3) is 0 Å². The first kappa shape index (κ1) is 33.8. The molecule has 0 spiro atoms. The molecule has 2 fully saturated rings. The molecule has 2 N–H and O–H groups in total. The molecule has 0 radical (unpaired) electrons. The van der Waals surface area contributed by atoms with Gasteiger partial charge in [0.25, 0.3) is 5.91 Å². The van der Waals surface area contributed by atoms with Crippen molar-refractivity contribution >= 4 is 35.2 Å². The van der Waals surface area contributed by atoms with Gasteiger partial charge in [0.15, 0.2) is 0 Å². The predicted molar refractivity (Wildman–Crippen MR) is 182 cm³/mol. The van der Waals surface area contributed by atoms with Crippen molar-refractivity contribution in [3.63, 3.8) is 0 Å². The maximum atomic E-state index is 12.4. The van der Waals surface area contributed by atoms with Crippen LogP contribution in [0.15, 0.2) is 110 Å². The van der Waals surface area contributed by atoms with E-state index in [0.717, 1.165) is 16.9 Å². The summed E-state index contributed by atoms with van der Waals surface area (Å²) in [6, 6.07) is 25.9. The molecule has 11 nitrogen and oxygen atoms in total. The third kappa shape index (κ3) is 9.96. The largest absolute Gasteiger partial charge is 0.445 e. The molecule has 11 heteroatoms. The number of amides is 4. The van der Waals surface area contributed by atoms with Crippen molar-refractivity contribution in [3.05, 3.63) is 121 Å². The number of nitrogens with one attached hydrogen (secondary N) is 2. The summed E-state index contributed by atoms with van der Waals surface area (Å²) in [5.41, 5.74) is 3.16. The highest BCUT2D eigenvalue weighted by molar-refractivity contribution is 5.95. The molecule has 2 aliphatic rings. The molecule has 0 atom stereocenters. The van der Waals surface area contributed by atoms with Gasteiger partial charge in [0.05, 0.1) is 0 Å². The van der Waals surface area contributed by atoms with Crippen LogP contribution in [0.5, 0.6) is 0 Å². The summed E-state index contributed by atoms with van der Waals surface area (Å²) in [6.07, 6.45) is 8.91. The molecule has 4 aromatic rings. The van der Waals surface area contributed by atoms with E-state index in [2.05, 4.69) is 20.6 Å². The summed E-state index contributed by atoms with van der Waals surface area (Å²) >= 11 is 0. The fraction of sp³-hybridized carbons (Fsp3) is 0.297. The number of hydrogen-bond acceptors (Lipinski definition) is 7. The maximum absolute atomic E-state index is 12.4. The minimum absolute atomic E-state index is 0.0106.